The van der Waals surface area contributed by atoms with Gasteiger partial charge in [-0.1, -0.05) is 46.9 Å². The second kappa shape index (κ2) is 7.35. The summed E-state index contributed by atoms with van der Waals surface area (Å²) in [5, 5.41) is 0.342. The van der Waals surface area contributed by atoms with Gasteiger partial charge in [0.05, 0.1) is 7.11 Å². The summed E-state index contributed by atoms with van der Waals surface area (Å²) in [4.78, 5) is 0. The Bertz CT molecular complexity index is 354. The number of ether oxygens (including phenoxy) is 1. The molecule has 1 nitrogen and oxygen atoms in total. The Labute approximate surface area is 125 Å². The van der Waals surface area contributed by atoms with Crippen LogP contribution in [0.5, 0.6) is 5.75 Å². The van der Waals surface area contributed by atoms with Crippen molar-refractivity contribution in [1.82, 2.24) is 0 Å². The highest BCUT2D eigenvalue weighted by Gasteiger charge is 2.32. The van der Waals surface area contributed by atoms with Crippen LogP contribution in [0.1, 0.15) is 38.8 Å². The van der Waals surface area contributed by atoms with Gasteiger partial charge in [-0.05, 0) is 41.6 Å². The number of methoxy groups -OCH3 is 1. The molecule has 0 aromatic heterocycles. The van der Waals surface area contributed by atoms with Crippen molar-refractivity contribution in [3.63, 3.8) is 0 Å². The maximum atomic E-state index is 6.15. The molecule has 0 aliphatic heterocycles. The van der Waals surface area contributed by atoms with Crippen LogP contribution in [-0.4, -0.2) is 14.5 Å². The summed E-state index contributed by atoms with van der Waals surface area (Å²) in [6.07, 6.45) is 1.07. The fourth-order valence-electron chi connectivity index (χ4n) is 1.15. The maximum Gasteiger partial charge on any atom is 0.155 e. The first-order valence-electron chi connectivity index (χ1n) is 6.84. The number of hydrogen-bond acceptors (Lipinski definition) is 1. The molecule has 0 N–H and O–H groups in total. The summed E-state index contributed by atoms with van der Waals surface area (Å²) < 4.78 is 5.14. The Kier molecular flexibility index (Phi) is 7.16. The van der Waals surface area contributed by atoms with E-state index in [0.29, 0.717) is 5.04 Å². The molecule has 0 spiro atoms. The topological polar surface area (TPSA) is 9.23 Å². The molecule has 19 heavy (non-hydrogen) atoms. The summed E-state index contributed by atoms with van der Waals surface area (Å²) >= 11 is 6.15. The average Bonchev–Trinajstić information content (AvgIpc) is 2.26. The van der Waals surface area contributed by atoms with E-state index >= 15 is 0 Å². The van der Waals surface area contributed by atoms with Crippen LogP contribution in [0.4, 0.5) is 0 Å². The van der Waals surface area contributed by atoms with Crippen LogP contribution in [0.15, 0.2) is 18.2 Å². The van der Waals surface area contributed by atoms with E-state index in [9.17, 15) is 0 Å². The van der Waals surface area contributed by atoms with Crippen LogP contribution in [0.2, 0.25) is 18.1 Å². The smallest absolute Gasteiger partial charge is 0.155 e. The van der Waals surface area contributed by atoms with E-state index in [1.807, 2.05) is 6.07 Å². The van der Waals surface area contributed by atoms with Gasteiger partial charge in [0.15, 0.2) is 7.38 Å². The Hall–Kier alpha value is -0.473. The molecule has 0 fully saturated rings. The van der Waals surface area contributed by atoms with Crippen molar-refractivity contribution < 1.29 is 4.74 Å². The Morgan fingerprint density at radius 3 is 1.95 bits per heavy atom. The van der Waals surface area contributed by atoms with Gasteiger partial charge in [-0.3, -0.25) is 0 Å². The van der Waals surface area contributed by atoms with Gasteiger partial charge >= 0.3 is 0 Å². The summed E-state index contributed by atoms with van der Waals surface area (Å²) in [6, 6.07) is 6.30. The van der Waals surface area contributed by atoms with Crippen molar-refractivity contribution in [3.05, 3.63) is 29.3 Å². The first-order chi connectivity index (χ1) is 8.51. The van der Waals surface area contributed by atoms with Crippen molar-refractivity contribution in [3.8, 4) is 5.75 Å². The fraction of sp³-hybridized carbons (Fsp3) is 0.625. The third-order valence-corrected chi connectivity index (χ3v) is 8.81. The van der Waals surface area contributed by atoms with Crippen molar-refractivity contribution in [2.24, 2.45) is 0 Å². The molecule has 0 atom stereocenters. The van der Waals surface area contributed by atoms with Crippen molar-refractivity contribution >= 4 is 18.5 Å². The number of rotatable bonds is 2. The predicted molar refractivity (Wildman–Crippen MR) is 90.2 cm³/mol. The zero-order valence-electron chi connectivity index (χ0n) is 13.7. The minimum Gasteiger partial charge on any atom is -0.497 e. The molecule has 0 heterocycles. The molecular weight excluding hydrogens is 272 g/mol. The lowest BCUT2D eigenvalue weighted by Crippen LogP contribution is -2.29. The molecular formula is C16H29ClOSi. The largest absolute Gasteiger partial charge is 0.497 e. The lowest BCUT2D eigenvalue weighted by molar-refractivity contribution is 0.414. The highest BCUT2D eigenvalue weighted by atomic mass is 35.6. The van der Waals surface area contributed by atoms with Gasteiger partial charge < -0.3 is 4.74 Å². The molecule has 0 radical (unpaired) electrons. The standard InChI is InChI=1S/C10H14O.C6H15ClSi/c1-4-9-5-8(2)6-10(7-9)11-3;1-6(2,3)8(4,5)7/h5-7H,4H2,1-3H3;1-5H3. The van der Waals surface area contributed by atoms with Crippen molar-refractivity contribution in [2.45, 2.75) is 59.2 Å². The van der Waals surface area contributed by atoms with E-state index in [2.05, 4.69) is 59.8 Å². The third-order valence-electron chi connectivity index (χ3n) is 3.54. The number of benzene rings is 1. The van der Waals surface area contributed by atoms with Gasteiger partial charge in [0.25, 0.3) is 0 Å². The van der Waals surface area contributed by atoms with E-state index in [-0.39, 0.29) is 0 Å². The van der Waals surface area contributed by atoms with Crippen LogP contribution in [0.25, 0.3) is 0 Å². The summed E-state index contributed by atoms with van der Waals surface area (Å²) in [7, 11) is 0.316. The lowest BCUT2D eigenvalue weighted by Gasteiger charge is -2.29. The van der Waals surface area contributed by atoms with Gasteiger partial charge in [0.2, 0.25) is 0 Å². The monoisotopic (exact) mass is 300 g/mol. The van der Waals surface area contributed by atoms with Gasteiger partial charge in [-0.2, -0.15) is 11.1 Å². The zero-order valence-corrected chi connectivity index (χ0v) is 15.5. The van der Waals surface area contributed by atoms with Gasteiger partial charge in [0, 0.05) is 0 Å². The van der Waals surface area contributed by atoms with Gasteiger partial charge in [-0.25, -0.2) is 0 Å². The number of hydrogen-bond donors (Lipinski definition) is 0. The van der Waals surface area contributed by atoms with E-state index in [1.165, 1.54) is 11.1 Å². The fourth-order valence-corrected chi connectivity index (χ4v) is 1.15. The SMILES string of the molecule is CC(C)(C)[Si](C)(C)Cl.CCc1cc(C)cc(OC)c1. The molecule has 110 valence electrons. The minimum atomic E-state index is -1.39. The molecule has 1 aromatic carbocycles. The summed E-state index contributed by atoms with van der Waals surface area (Å²) in [5.74, 6) is 0.960. The summed E-state index contributed by atoms with van der Waals surface area (Å²) in [5.41, 5.74) is 2.60. The molecule has 1 rings (SSSR count). The number of aryl methyl sites for hydroxylation is 2. The lowest BCUT2D eigenvalue weighted by atomic mass is 10.1. The first kappa shape index (κ1) is 18.5. The highest BCUT2D eigenvalue weighted by molar-refractivity contribution is 7.20. The van der Waals surface area contributed by atoms with E-state index < -0.39 is 7.38 Å². The Morgan fingerprint density at radius 1 is 1.16 bits per heavy atom. The van der Waals surface area contributed by atoms with Crippen molar-refractivity contribution in [2.75, 3.05) is 7.11 Å². The molecule has 0 aliphatic rings. The Morgan fingerprint density at radius 2 is 1.63 bits per heavy atom. The second-order valence-electron chi connectivity index (χ2n) is 6.43. The average molecular weight is 301 g/mol. The molecule has 0 amide bonds. The summed E-state index contributed by atoms with van der Waals surface area (Å²) in [6.45, 7) is 15.2. The third kappa shape index (κ3) is 7.02. The molecule has 3 heteroatoms. The van der Waals surface area contributed by atoms with E-state index in [1.54, 1.807) is 7.11 Å². The molecule has 0 unspecified atom stereocenters. The predicted octanol–water partition coefficient (Wildman–Crippen LogP) is 5.80. The van der Waals surface area contributed by atoms with Crippen LogP contribution in [0.3, 0.4) is 0 Å². The molecule has 0 bridgehead atoms. The normalized spacial score (nSPS) is 11.6. The van der Waals surface area contributed by atoms with E-state index in [0.717, 1.165) is 12.2 Å². The van der Waals surface area contributed by atoms with Crippen LogP contribution < -0.4 is 4.74 Å². The quantitative estimate of drug-likeness (QED) is 0.495. The molecule has 0 aliphatic carbocycles. The highest BCUT2D eigenvalue weighted by Crippen LogP contribution is 2.38. The van der Waals surface area contributed by atoms with Crippen LogP contribution >= 0.6 is 11.1 Å². The number of halogens is 1. The zero-order chi connectivity index (χ0) is 15.3. The van der Waals surface area contributed by atoms with Gasteiger partial charge in [0.1, 0.15) is 5.75 Å². The van der Waals surface area contributed by atoms with Crippen LogP contribution in [0, 0.1) is 6.92 Å². The molecule has 0 saturated heterocycles. The van der Waals surface area contributed by atoms with Crippen molar-refractivity contribution in [1.29, 1.82) is 0 Å². The first-order valence-corrected chi connectivity index (χ1v) is 10.9. The molecule has 0 saturated carbocycles. The molecule has 1 aromatic rings. The van der Waals surface area contributed by atoms with Crippen LogP contribution in [-0.2, 0) is 6.42 Å². The Balaban J connectivity index is 0.000000362. The van der Waals surface area contributed by atoms with Gasteiger partial charge in [-0.15, -0.1) is 0 Å². The maximum absolute atomic E-state index is 6.15. The van der Waals surface area contributed by atoms with E-state index in [4.69, 9.17) is 15.8 Å². The second-order valence-corrected chi connectivity index (χ2v) is 13.7. The minimum absolute atomic E-state index is 0.342.